The second kappa shape index (κ2) is 8.41. The van der Waals surface area contributed by atoms with E-state index >= 15 is 0 Å². The zero-order valence-corrected chi connectivity index (χ0v) is 13.4. The molecule has 0 bridgehead atoms. The molecule has 0 aromatic rings. The lowest BCUT2D eigenvalue weighted by atomic mass is 9.89. The second-order valence-corrected chi connectivity index (χ2v) is 7.04. The lowest BCUT2D eigenvalue weighted by molar-refractivity contribution is 0.163. The van der Waals surface area contributed by atoms with Crippen LogP contribution in [0.5, 0.6) is 0 Å². The number of aliphatic hydroxyl groups excluding tert-OH is 1. The first-order valence-corrected chi connectivity index (χ1v) is 7.32. The van der Waals surface area contributed by atoms with E-state index in [1.54, 1.807) is 6.92 Å². The first-order chi connectivity index (χ1) is 8.60. The van der Waals surface area contributed by atoms with Crippen molar-refractivity contribution in [3.63, 3.8) is 0 Å². The molecule has 114 valence electrons. The number of hydrogen-bond donors (Lipinski definition) is 3. The van der Waals surface area contributed by atoms with Crippen LogP contribution in [0.1, 0.15) is 60.8 Å². The largest absolute Gasteiger partial charge is 0.393 e. The molecule has 0 aliphatic carbocycles. The van der Waals surface area contributed by atoms with Crippen LogP contribution in [0.2, 0.25) is 0 Å². The highest BCUT2D eigenvalue weighted by atomic mass is 16.3. The fourth-order valence-corrected chi connectivity index (χ4v) is 1.93. The smallest absolute Gasteiger partial charge is 0.315 e. The van der Waals surface area contributed by atoms with Crippen LogP contribution >= 0.6 is 0 Å². The van der Waals surface area contributed by atoms with Crippen LogP contribution in [0.15, 0.2) is 0 Å². The summed E-state index contributed by atoms with van der Waals surface area (Å²) in [6.07, 6.45) is 2.47. The van der Waals surface area contributed by atoms with E-state index in [0.717, 1.165) is 12.8 Å². The zero-order valence-electron chi connectivity index (χ0n) is 13.4. The summed E-state index contributed by atoms with van der Waals surface area (Å²) in [7, 11) is 0. The van der Waals surface area contributed by atoms with Crippen molar-refractivity contribution in [2.24, 2.45) is 11.3 Å². The summed E-state index contributed by atoms with van der Waals surface area (Å²) in [5.41, 5.74) is 0.304. The van der Waals surface area contributed by atoms with Gasteiger partial charge in [0.25, 0.3) is 0 Å². The van der Waals surface area contributed by atoms with Gasteiger partial charge >= 0.3 is 6.03 Å². The van der Waals surface area contributed by atoms with Gasteiger partial charge in [0.15, 0.2) is 0 Å². The standard InChI is InChI=1S/C15H32N2O2/c1-11(9-13(3)18)10-16-14(19)17-12(2)7-8-15(4,5)6/h11-13,18H,7-10H2,1-6H3,(H2,16,17,19). The van der Waals surface area contributed by atoms with E-state index < -0.39 is 0 Å². The molecule has 0 spiro atoms. The number of aliphatic hydroxyl groups is 1. The van der Waals surface area contributed by atoms with Gasteiger partial charge in [0.1, 0.15) is 0 Å². The van der Waals surface area contributed by atoms with Gasteiger partial charge in [-0.15, -0.1) is 0 Å². The molecule has 3 N–H and O–H groups in total. The van der Waals surface area contributed by atoms with Gasteiger partial charge in [0, 0.05) is 12.6 Å². The molecule has 2 amide bonds. The molecule has 0 fully saturated rings. The van der Waals surface area contributed by atoms with Gasteiger partial charge in [0.2, 0.25) is 0 Å². The number of urea groups is 1. The Hall–Kier alpha value is -0.770. The van der Waals surface area contributed by atoms with E-state index in [9.17, 15) is 9.90 Å². The molecular weight excluding hydrogens is 240 g/mol. The monoisotopic (exact) mass is 272 g/mol. The molecule has 0 aliphatic heterocycles. The third-order valence-electron chi connectivity index (χ3n) is 3.06. The van der Waals surface area contributed by atoms with Crippen LogP contribution in [-0.2, 0) is 0 Å². The van der Waals surface area contributed by atoms with Crippen LogP contribution in [0.3, 0.4) is 0 Å². The molecule has 0 aliphatic rings. The summed E-state index contributed by atoms with van der Waals surface area (Å²) in [6.45, 7) is 13.0. The Morgan fingerprint density at radius 1 is 1.21 bits per heavy atom. The fourth-order valence-electron chi connectivity index (χ4n) is 1.93. The van der Waals surface area contributed by atoms with E-state index in [1.165, 1.54) is 0 Å². The number of hydrogen-bond acceptors (Lipinski definition) is 2. The number of carbonyl (C=O) groups excluding carboxylic acids is 1. The van der Waals surface area contributed by atoms with E-state index in [4.69, 9.17) is 0 Å². The Kier molecular flexibility index (Phi) is 8.07. The molecule has 0 aromatic heterocycles. The number of amides is 2. The van der Waals surface area contributed by atoms with Crippen molar-refractivity contribution in [2.75, 3.05) is 6.54 Å². The van der Waals surface area contributed by atoms with Crippen LogP contribution in [0.4, 0.5) is 4.79 Å². The van der Waals surface area contributed by atoms with Gasteiger partial charge < -0.3 is 15.7 Å². The highest BCUT2D eigenvalue weighted by molar-refractivity contribution is 5.74. The van der Waals surface area contributed by atoms with Gasteiger partial charge in [-0.2, -0.15) is 0 Å². The summed E-state index contributed by atoms with van der Waals surface area (Å²) < 4.78 is 0. The zero-order chi connectivity index (χ0) is 15.1. The lowest BCUT2D eigenvalue weighted by Crippen LogP contribution is -2.42. The van der Waals surface area contributed by atoms with Gasteiger partial charge in [-0.3, -0.25) is 0 Å². The average Bonchev–Trinajstić information content (AvgIpc) is 2.22. The highest BCUT2D eigenvalue weighted by Crippen LogP contribution is 2.21. The van der Waals surface area contributed by atoms with Crippen LogP contribution < -0.4 is 10.6 Å². The van der Waals surface area contributed by atoms with E-state index in [2.05, 4.69) is 31.4 Å². The van der Waals surface area contributed by atoms with Crippen LogP contribution in [0.25, 0.3) is 0 Å². The summed E-state index contributed by atoms with van der Waals surface area (Å²) >= 11 is 0. The van der Waals surface area contributed by atoms with Crippen molar-refractivity contribution in [1.82, 2.24) is 10.6 Å². The normalized spacial score (nSPS) is 16.6. The number of carbonyl (C=O) groups is 1. The molecule has 0 aromatic carbocycles. The Morgan fingerprint density at radius 3 is 2.26 bits per heavy atom. The highest BCUT2D eigenvalue weighted by Gasteiger charge is 2.14. The van der Waals surface area contributed by atoms with Crippen molar-refractivity contribution in [3.8, 4) is 0 Å². The summed E-state index contributed by atoms with van der Waals surface area (Å²) in [5.74, 6) is 0.288. The first kappa shape index (κ1) is 18.2. The third-order valence-corrected chi connectivity index (χ3v) is 3.06. The quantitative estimate of drug-likeness (QED) is 0.667. The van der Waals surface area contributed by atoms with Gasteiger partial charge in [0.05, 0.1) is 6.10 Å². The van der Waals surface area contributed by atoms with E-state index in [1.807, 2.05) is 13.8 Å². The fraction of sp³-hybridized carbons (Fsp3) is 0.933. The van der Waals surface area contributed by atoms with Gasteiger partial charge in [-0.1, -0.05) is 27.7 Å². The number of rotatable bonds is 7. The molecular formula is C15H32N2O2. The van der Waals surface area contributed by atoms with Crippen molar-refractivity contribution >= 4 is 6.03 Å². The Bertz CT molecular complexity index is 259. The lowest BCUT2D eigenvalue weighted by Gasteiger charge is -2.22. The van der Waals surface area contributed by atoms with Crippen molar-refractivity contribution in [1.29, 1.82) is 0 Å². The van der Waals surface area contributed by atoms with E-state index in [-0.39, 0.29) is 24.1 Å². The topological polar surface area (TPSA) is 61.4 Å². The minimum absolute atomic E-state index is 0.112. The van der Waals surface area contributed by atoms with Crippen molar-refractivity contribution in [3.05, 3.63) is 0 Å². The molecule has 4 heteroatoms. The Labute approximate surface area is 118 Å². The average molecular weight is 272 g/mol. The van der Waals surface area contributed by atoms with Gasteiger partial charge in [-0.05, 0) is 44.4 Å². The minimum atomic E-state index is -0.314. The second-order valence-electron chi connectivity index (χ2n) is 7.04. The minimum Gasteiger partial charge on any atom is -0.393 e. The predicted octanol–water partition coefficient (Wildman–Crippen LogP) is 2.91. The molecule has 0 saturated heterocycles. The maximum absolute atomic E-state index is 11.7. The summed E-state index contributed by atoms with van der Waals surface area (Å²) in [6, 6.07) is 0.0742. The molecule has 0 radical (unpaired) electrons. The van der Waals surface area contributed by atoms with Gasteiger partial charge in [-0.25, -0.2) is 4.79 Å². The molecule has 0 heterocycles. The van der Waals surface area contributed by atoms with Crippen LogP contribution in [-0.4, -0.2) is 29.8 Å². The molecule has 19 heavy (non-hydrogen) atoms. The third kappa shape index (κ3) is 12.0. The van der Waals surface area contributed by atoms with E-state index in [0.29, 0.717) is 18.4 Å². The van der Waals surface area contributed by atoms with Crippen molar-refractivity contribution in [2.45, 2.75) is 73.0 Å². The molecule has 4 nitrogen and oxygen atoms in total. The predicted molar refractivity (Wildman–Crippen MR) is 80.1 cm³/mol. The molecule has 0 saturated carbocycles. The SMILES string of the molecule is CC(O)CC(C)CNC(=O)NC(C)CCC(C)(C)C. The molecule has 3 atom stereocenters. The maximum Gasteiger partial charge on any atom is 0.315 e. The Balaban J connectivity index is 3.79. The number of nitrogens with one attached hydrogen (secondary N) is 2. The summed E-state index contributed by atoms with van der Waals surface area (Å²) in [5, 5.41) is 15.1. The molecule has 3 unspecified atom stereocenters. The van der Waals surface area contributed by atoms with Crippen molar-refractivity contribution < 1.29 is 9.90 Å². The molecule has 0 rings (SSSR count). The first-order valence-electron chi connectivity index (χ1n) is 7.32. The maximum atomic E-state index is 11.7. The van der Waals surface area contributed by atoms with Crippen LogP contribution in [0, 0.1) is 11.3 Å². The summed E-state index contributed by atoms with van der Waals surface area (Å²) in [4.78, 5) is 11.7. The Morgan fingerprint density at radius 2 is 1.79 bits per heavy atom.